The van der Waals surface area contributed by atoms with Gasteiger partial charge in [0.15, 0.2) is 5.76 Å². The van der Waals surface area contributed by atoms with Crippen molar-refractivity contribution in [2.24, 2.45) is 11.8 Å². The molecule has 0 saturated carbocycles. The summed E-state index contributed by atoms with van der Waals surface area (Å²) in [6, 6.07) is 1.83. The number of amides is 1. The largest absolute Gasteiger partial charge is 0.455 e. The molecule has 17 heavy (non-hydrogen) atoms. The molecule has 6 heteroatoms. The fourth-order valence-electron chi connectivity index (χ4n) is 1.32. The Hall–Kier alpha value is -0.980. The minimum absolute atomic E-state index is 0.186. The van der Waals surface area contributed by atoms with Crippen molar-refractivity contribution in [1.29, 1.82) is 0 Å². The molecule has 1 unspecified atom stereocenters. The maximum Gasteiger partial charge on any atom is 0.301 e. The second-order valence-corrected chi connectivity index (χ2v) is 5.03. The summed E-state index contributed by atoms with van der Waals surface area (Å²) >= 11 is 1.66. The molecular weight excluding hydrogens is 240 g/mol. The number of aliphatic hydroxyl groups excluding tert-OH is 1. The van der Waals surface area contributed by atoms with Gasteiger partial charge in [0, 0.05) is 12.2 Å². The van der Waals surface area contributed by atoms with Crippen LogP contribution in [0.25, 0.3) is 0 Å². The fraction of sp³-hybridized carbons (Fsp3) is 0.545. The van der Waals surface area contributed by atoms with Gasteiger partial charge in [-0.15, -0.1) is 0 Å². The average molecular weight is 258 g/mol. The van der Waals surface area contributed by atoms with Gasteiger partial charge in [0.25, 0.3) is 0 Å². The number of furan rings is 1. The number of nitrogen functional groups attached to an aromatic ring is 1. The summed E-state index contributed by atoms with van der Waals surface area (Å²) < 4.78 is 5.41. The second kappa shape index (κ2) is 6.68. The number of nitrogens with two attached hydrogens (primary N) is 1. The minimum atomic E-state index is -0.414. The van der Waals surface area contributed by atoms with Gasteiger partial charge in [-0.05, 0) is 24.7 Å². The van der Waals surface area contributed by atoms with Gasteiger partial charge in [-0.1, -0.05) is 6.92 Å². The first-order valence-electron chi connectivity index (χ1n) is 5.37. The number of nitrogens with one attached hydrogen (secondary N) is 1. The Kier molecular flexibility index (Phi) is 5.54. The lowest BCUT2D eigenvalue weighted by Crippen LogP contribution is -2.30. The second-order valence-electron chi connectivity index (χ2n) is 4.00. The number of hydrogen-bond donors (Lipinski definition) is 3. The molecule has 1 atom stereocenters. The smallest absolute Gasteiger partial charge is 0.301 e. The van der Waals surface area contributed by atoms with Gasteiger partial charge in [-0.25, -0.2) is 5.84 Å². The lowest BCUT2D eigenvalue weighted by atomic mass is 10.2. The molecule has 96 valence electrons. The normalized spacial score (nSPS) is 12.5. The quantitative estimate of drug-likeness (QED) is 0.403. The van der Waals surface area contributed by atoms with Crippen LogP contribution in [-0.2, 0) is 5.75 Å². The maximum absolute atomic E-state index is 11.3. The van der Waals surface area contributed by atoms with E-state index in [1.807, 2.05) is 18.4 Å². The predicted octanol–water partition coefficient (Wildman–Crippen LogP) is 1.05. The van der Waals surface area contributed by atoms with Gasteiger partial charge in [-0.2, -0.15) is 11.8 Å². The predicted molar refractivity (Wildman–Crippen MR) is 67.5 cm³/mol. The summed E-state index contributed by atoms with van der Waals surface area (Å²) in [5, 5.41) is 8.88. The van der Waals surface area contributed by atoms with E-state index < -0.39 is 5.91 Å². The summed E-state index contributed by atoms with van der Waals surface area (Å²) in [7, 11) is 0. The van der Waals surface area contributed by atoms with E-state index in [0.29, 0.717) is 5.75 Å². The molecule has 0 fully saturated rings. The molecular formula is C11H18N2O3S. The third-order valence-electron chi connectivity index (χ3n) is 2.26. The van der Waals surface area contributed by atoms with E-state index >= 15 is 0 Å². The van der Waals surface area contributed by atoms with E-state index in [2.05, 4.69) is 0 Å². The van der Waals surface area contributed by atoms with Crippen molar-refractivity contribution in [3.05, 3.63) is 23.2 Å². The van der Waals surface area contributed by atoms with Gasteiger partial charge < -0.3 is 9.52 Å². The van der Waals surface area contributed by atoms with Crippen LogP contribution in [-0.4, -0.2) is 23.4 Å². The highest BCUT2D eigenvalue weighted by molar-refractivity contribution is 7.98. The van der Waals surface area contributed by atoms with Crippen molar-refractivity contribution < 1.29 is 14.3 Å². The number of rotatable bonds is 6. The molecule has 0 spiro atoms. The Balaban J connectivity index is 2.53. The van der Waals surface area contributed by atoms with Crippen LogP contribution in [0.5, 0.6) is 0 Å². The molecule has 0 aliphatic carbocycles. The minimum Gasteiger partial charge on any atom is -0.455 e. The number of carbonyl (C=O) groups is 1. The lowest BCUT2D eigenvalue weighted by Gasteiger charge is -2.05. The average Bonchev–Trinajstić information content (AvgIpc) is 2.69. The van der Waals surface area contributed by atoms with Gasteiger partial charge in [0.05, 0.1) is 5.75 Å². The molecule has 0 bridgehead atoms. The number of hydrogen-bond acceptors (Lipinski definition) is 5. The molecule has 0 aliphatic heterocycles. The van der Waals surface area contributed by atoms with E-state index in [1.165, 1.54) is 0 Å². The van der Waals surface area contributed by atoms with Gasteiger partial charge in [-0.3, -0.25) is 10.2 Å². The summed E-state index contributed by atoms with van der Waals surface area (Å²) in [4.78, 5) is 11.3. The van der Waals surface area contributed by atoms with Crippen LogP contribution in [0.3, 0.4) is 0 Å². The number of aryl methyl sites for hydroxylation is 1. The molecule has 1 amide bonds. The van der Waals surface area contributed by atoms with E-state index in [9.17, 15) is 4.79 Å². The molecule has 5 nitrogen and oxygen atoms in total. The highest BCUT2D eigenvalue weighted by Gasteiger charge is 2.14. The number of thioether (sulfide) groups is 1. The van der Waals surface area contributed by atoms with E-state index in [-0.39, 0.29) is 18.3 Å². The third kappa shape index (κ3) is 4.07. The molecule has 0 saturated heterocycles. The van der Waals surface area contributed by atoms with Gasteiger partial charge >= 0.3 is 5.91 Å². The lowest BCUT2D eigenvalue weighted by molar-refractivity contribution is 0.0923. The first-order chi connectivity index (χ1) is 8.08. The monoisotopic (exact) mass is 258 g/mol. The van der Waals surface area contributed by atoms with Crippen LogP contribution in [0, 0.1) is 12.8 Å². The zero-order valence-corrected chi connectivity index (χ0v) is 10.8. The van der Waals surface area contributed by atoms with Crippen molar-refractivity contribution in [1.82, 2.24) is 5.43 Å². The Labute approximate surface area is 105 Å². The van der Waals surface area contributed by atoms with Crippen molar-refractivity contribution in [3.63, 3.8) is 0 Å². The number of hydrazine groups is 1. The molecule has 1 heterocycles. The summed E-state index contributed by atoms with van der Waals surface area (Å²) in [5.74, 6) is 7.45. The SMILES string of the molecule is Cc1cc(CSCC(C)CO)oc1C(=O)NN. The summed E-state index contributed by atoms with van der Waals surface area (Å²) in [6.45, 7) is 3.97. The Bertz CT molecular complexity index is 379. The van der Waals surface area contributed by atoms with Crippen LogP contribution in [0.1, 0.15) is 28.8 Å². The maximum atomic E-state index is 11.3. The first kappa shape index (κ1) is 14.1. The molecule has 1 rings (SSSR count). The van der Waals surface area contributed by atoms with Crippen LogP contribution < -0.4 is 11.3 Å². The van der Waals surface area contributed by atoms with Crippen LogP contribution in [0.2, 0.25) is 0 Å². The van der Waals surface area contributed by atoms with E-state index in [4.69, 9.17) is 15.4 Å². The topological polar surface area (TPSA) is 88.5 Å². The van der Waals surface area contributed by atoms with E-state index in [1.54, 1.807) is 18.7 Å². The molecule has 1 aromatic heterocycles. The Morgan fingerprint density at radius 1 is 1.71 bits per heavy atom. The first-order valence-corrected chi connectivity index (χ1v) is 6.52. The van der Waals surface area contributed by atoms with Crippen LogP contribution in [0.15, 0.2) is 10.5 Å². The summed E-state index contributed by atoms with van der Waals surface area (Å²) in [5.41, 5.74) is 2.82. The van der Waals surface area contributed by atoms with Crippen molar-refractivity contribution >= 4 is 17.7 Å². The van der Waals surface area contributed by atoms with Crippen LogP contribution >= 0.6 is 11.8 Å². The third-order valence-corrected chi connectivity index (χ3v) is 3.56. The molecule has 4 N–H and O–H groups in total. The van der Waals surface area contributed by atoms with E-state index in [0.717, 1.165) is 17.1 Å². The molecule has 0 aromatic carbocycles. The highest BCUT2D eigenvalue weighted by Crippen LogP contribution is 2.20. The molecule has 0 radical (unpaired) electrons. The highest BCUT2D eigenvalue weighted by atomic mass is 32.2. The standard InChI is InChI=1S/C11H18N2O3S/c1-7(4-14)5-17-6-9-3-8(2)10(16-9)11(15)13-12/h3,7,14H,4-6,12H2,1-2H3,(H,13,15). The van der Waals surface area contributed by atoms with Gasteiger partial charge in [0.1, 0.15) is 5.76 Å². The Morgan fingerprint density at radius 2 is 2.41 bits per heavy atom. The van der Waals surface area contributed by atoms with Crippen LogP contribution in [0.4, 0.5) is 0 Å². The zero-order valence-electron chi connectivity index (χ0n) is 10.0. The molecule has 0 aliphatic rings. The number of carbonyl (C=O) groups excluding carboxylic acids is 1. The zero-order chi connectivity index (χ0) is 12.8. The van der Waals surface area contributed by atoms with Gasteiger partial charge in [0.2, 0.25) is 0 Å². The van der Waals surface area contributed by atoms with Crippen molar-refractivity contribution in [2.75, 3.05) is 12.4 Å². The molecule has 1 aromatic rings. The van der Waals surface area contributed by atoms with Crippen molar-refractivity contribution in [3.8, 4) is 0 Å². The van der Waals surface area contributed by atoms with Crippen molar-refractivity contribution in [2.45, 2.75) is 19.6 Å². The fourth-order valence-corrected chi connectivity index (χ4v) is 2.29. The number of aliphatic hydroxyl groups is 1. The summed E-state index contributed by atoms with van der Waals surface area (Å²) in [6.07, 6.45) is 0. The Morgan fingerprint density at radius 3 is 3.00 bits per heavy atom.